The van der Waals surface area contributed by atoms with E-state index in [2.05, 4.69) is 4.98 Å². The predicted molar refractivity (Wildman–Crippen MR) is 110 cm³/mol. The summed E-state index contributed by atoms with van der Waals surface area (Å²) in [4.78, 5) is 17.4. The zero-order valence-corrected chi connectivity index (χ0v) is 16.5. The van der Waals surface area contributed by atoms with Crippen molar-refractivity contribution in [2.75, 3.05) is 0 Å². The first-order valence-corrected chi connectivity index (χ1v) is 10.2. The SMILES string of the molecule is O=C(c1c(O)c(O)n(-c2nc3ccc(Cl)cc3s2)c1-c1ccccc1F)C1CC1. The van der Waals surface area contributed by atoms with Crippen LogP contribution >= 0.6 is 22.9 Å². The lowest BCUT2D eigenvalue weighted by molar-refractivity contribution is 0.0965. The predicted octanol–water partition coefficient (Wildman–Crippen LogP) is 5.55. The van der Waals surface area contributed by atoms with Crippen LogP contribution in [-0.4, -0.2) is 25.5 Å². The first-order valence-electron chi connectivity index (χ1n) is 8.98. The van der Waals surface area contributed by atoms with Gasteiger partial charge in [-0.3, -0.25) is 9.36 Å². The summed E-state index contributed by atoms with van der Waals surface area (Å²) in [6.45, 7) is 0. The van der Waals surface area contributed by atoms with Crippen LogP contribution in [0.3, 0.4) is 0 Å². The molecule has 0 unspecified atom stereocenters. The minimum absolute atomic E-state index is 0.0765. The zero-order chi connectivity index (χ0) is 20.3. The summed E-state index contributed by atoms with van der Waals surface area (Å²) in [5.41, 5.74) is 0.758. The highest BCUT2D eigenvalue weighted by molar-refractivity contribution is 7.20. The van der Waals surface area contributed by atoms with Crippen molar-refractivity contribution in [2.24, 2.45) is 5.92 Å². The zero-order valence-electron chi connectivity index (χ0n) is 14.9. The van der Waals surface area contributed by atoms with E-state index in [1.807, 2.05) is 0 Å². The highest BCUT2D eigenvalue weighted by Gasteiger charge is 2.38. The molecule has 0 atom stereocenters. The summed E-state index contributed by atoms with van der Waals surface area (Å²) in [5.74, 6) is -2.20. The van der Waals surface area contributed by atoms with Gasteiger partial charge in [0.1, 0.15) is 5.82 Å². The van der Waals surface area contributed by atoms with E-state index in [9.17, 15) is 19.4 Å². The molecule has 1 saturated carbocycles. The second-order valence-corrected chi connectivity index (χ2v) is 8.40. The molecule has 0 amide bonds. The van der Waals surface area contributed by atoms with Gasteiger partial charge in [0.2, 0.25) is 5.88 Å². The third-order valence-electron chi connectivity index (χ3n) is 4.97. The fourth-order valence-electron chi connectivity index (χ4n) is 3.41. The number of aromatic nitrogens is 2. The van der Waals surface area contributed by atoms with Crippen molar-refractivity contribution in [3.8, 4) is 28.0 Å². The molecule has 0 spiro atoms. The molecule has 146 valence electrons. The van der Waals surface area contributed by atoms with Crippen molar-refractivity contribution in [2.45, 2.75) is 12.8 Å². The molecule has 2 aromatic heterocycles. The van der Waals surface area contributed by atoms with Crippen molar-refractivity contribution >= 4 is 38.9 Å². The van der Waals surface area contributed by atoms with Crippen molar-refractivity contribution < 1.29 is 19.4 Å². The van der Waals surface area contributed by atoms with E-state index in [0.29, 0.717) is 28.5 Å². The van der Waals surface area contributed by atoms with Crippen molar-refractivity contribution in [1.82, 2.24) is 9.55 Å². The number of hydrogen-bond acceptors (Lipinski definition) is 5. The molecular formula is C21H14ClFN2O3S. The third kappa shape index (κ3) is 2.89. The average molecular weight is 429 g/mol. The van der Waals surface area contributed by atoms with Crippen molar-refractivity contribution in [3.05, 3.63) is 58.9 Å². The molecule has 8 heteroatoms. The number of halogens is 2. The Morgan fingerprint density at radius 2 is 1.97 bits per heavy atom. The quantitative estimate of drug-likeness (QED) is 0.418. The lowest BCUT2D eigenvalue weighted by Gasteiger charge is -2.10. The lowest BCUT2D eigenvalue weighted by atomic mass is 10.0. The minimum Gasteiger partial charge on any atom is -0.503 e. The van der Waals surface area contributed by atoms with Gasteiger partial charge in [-0.2, -0.15) is 0 Å². The van der Waals surface area contributed by atoms with E-state index in [0.717, 1.165) is 4.70 Å². The maximum absolute atomic E-state index is 14.7. The van der Waals surface area contributed by atoms with Gasteiger partial charge < -0.3 is 10.2 Å². The molecule has 29 heavy (non-hydrogen) atoms. The van der Waals surface area contributed by atoms with Crippen LogP contribution in [0.1, 0.15) is 23.2 Å². The number of thiazole rings is 1. The topological polar surface area (TPSA) is 75.3 Å². The van der Waals surface area contributed by atoms with E-state index in [-0.39, 0.29) is 28.5 Å². The molecule has 0 aliphatic heterocycles. The van der Waals surface area contributed by atoms with E-state index >= 15 is 0 Å². The maximum atomic E-state index is 14.7. The first-order chi connectivity index (χ1) is 14.0. The van der Waals surface area contributed by atoms with Crippen LogP contribution in [0.4, 0.5) is 4.39 Å². The largest absolute Gasteiger partial charge is 0.503 e. The van der Waals surface area contributed by atoms with Crippen LogP contribution in [0.15, 0.2) is 42.5 Å². The molecule has 1 aliphatic rings. The molecule has 4 aromatic rings. The Morgan fingerprint density at radius 3 is 2.69 bits per heavy atom. The summed E-state index contributed by atoms with van der Waals surface area (Å²) < 4.78 is 16.7. The average Bonchev–Trinajstić information content (AvgIpc) is 3.42. The van der Waals surface area contributed by atoms with Gasteiger partial charge in [0, 0.05) is 16.5 Å². The Bertz CT molecular complexity index is 1290. The lowest BCUT2D eigenvalue weighted by Crippen LogP contribution is -2.05. The second kappa shape index (κ2) is 6.57. The number of benzene rings is 2. The highest BCUT2D eigenvalue weighted by Crippen LogP contribution is 2.48. The maximum Gasteiger partial charge on any atom is 0.242 e. The number of fused-ring (bicyclic) bond motifs is 1. The number of ketones is 1. The van der Waals surface area contributed by atoms with Crippen LogP contribution in [0, 0.1) is 11.7 Å². The van der Waals surface area contributed by atoms with Gasteiger partial charge in [-0.15, -0.1) is 0 Å². The van der Waals surface area contributed by atoms with Gasteiger partial charge in [0.15, 0.2) is 16.7 Å². The molecule has 5 nitrogen and oxygen atoms in total. The molecule has 0 saturated heterocycles. The minimum atomic E-state index is -0.569. The molecule has 5 rings (SSSR count). The van der Waals surface area contributed by atoms with E-state index in [1.165, 1.54) is 34.1 Å². The summed E-state index contributed by atoms with van der Waals surface area (Å²) in [5, 5.41) is 22.2. The van der Waals surface area contributed by atoms with Gasteiger partial charge in [-0.25, -0.2) is 9.37 Å². The Kier molecular flexibility index (Phi) is 4.11. The highest BCUT2D eigenvalue weighted by atomic mass is 35.5. The number of Topliss-reactive ketones (excluding diaryl/α,β-unsaturated/α-hetero) is 1. The summed E-state index contributed by atoms with van der Waals surface area (Å²) in [7, 11) is 0. The molecule has 1 fully saturated rings. The molecule has 2 aromatic carbocycles. The fourth-order valence-corrected chi connectivity index (χ4v) is 4.66. The van der Waals surface area contributed by atoms with Gasteiger partial charge in [0.05, 0.1) is 21.5 Å². The molecule has 1 aliphatic carbocycles. The van der Waals surface area contributed by atoms with Gasteiger partial charge >= 0.3 is 0 Å². The number of nitrogens with zero attached hydrogens (tertiary/aromatic N) is 2. The van der Waals surface area contributed by atoms with Crippen LogP contribution in [-0.2, 0) is 0 Å². The van der Waals surface area contributed by atoms with Crippen LogP contribution in [0.25, 0.3) is 26.6 Å². The Hall–Kier alpha value is -2.90. The van der Waals surface area contributed by atoms with E-state index < -0.39 is 17.4 Å². The smallest absolute Gasteiger partial charge is 0.242 e. The Morgan fingerprint density at radius 1 is 1.21 bits per heavy atom. The van der Waals surface area contributed by atoms with Crippen molar-refractivity contribution in [1.29, 1.82) is 0 Å². The normalized spacial score (nSPS) is 13.9. The van der Waals surface area contributed by atoms with Gasteiger partial charge in [0.25, 0.3) is 0 Å². The van der Waals surface area contributed by atoms with Crippen LogP contribution in [0.2, 0.25) is 5.02 Å². The second-order valence-electron chi connectivity index (χ2n) is 6.96. The molecule has 0 radical (unpaired) electrons. The molecule has 2 N–H and O–H groups in total. The third-order valence-corrected chi connectivity index (χ3v) is 6.21. The molecule has 0 bridgehead atoms. The van der Waals surface area contributed by atoms with Gasteiger partial charge in [-0.05, 0) is 43.2 Å². The Labute approximate surface area is 173 Å². The van der Waals surface area contributed by atoms with Gasteiger partial charge in [-0.1, -0.05) is 35.1 Å². The number of hydrogen-bond donors (Lipinski definition) is 2. The summed E-state index contributed by atoms with van der Waals surface area (Å²) >= 11 is 7.27. The Balaban J connectivity index is 1.83. The summed E-state index contributed by atoms with van der Waals surface area (Å²) in [6, 6.07) is 11.1. The molecular weight excluding hydrogens is 415 g/mol. The summed E-state index contributed by atoms with van der Waals surface area (Å²) in [6.07, 6.45) is 1.42. The first kappa shape index (κ1) is 18.1. The van der Waals surface area contributed by atoms with Crippen LogP contribution < -0.4 is 0 Å². The molecule has 2 heterocycles. The monoisotopic (exact) mass is 428 g/mol. The number of carbonyl (C=O) groups is 1. The van der Waals surface area contributed by atoms with E-state index in [1.54, 1.807) is 24.3 Å². The van der Waals surface area contributed by atoms with Crippen molar-refractivity contribution in [3.63, 3.8) is 0 Å². The standard InChI is InChI=1S/C21H14ClFN2O3S/c22-11-7-8-14-15(9-11)29-21(24-14)25-17(12-3-1-2-4-13(12)23)16(19(27)20(25)28)18(26)10-5-6-10/h1-4,7-10,27-28H,5-6H2. The van der Waals surface area contributed by atoms with Crippen LogP contribution in [0.5, 0.6) is 11.6 Å². The number of aromatic hydroxyl groups is 2. The van der Waals surface area contributed by atoms with E-state index in [4.69, 9.17) is 11.6 Å². The fraction of sp³-hybridized carbons (Fsp3) is 0.143. The number of carbonyl (C=O) groups excluding carboxylic acids is 1. The number of rotatable bonds is 4.